The lowest BCUT2D eigenvalue weighted by Crippen LogP contribution is -2.20. The summed E-state index contributed by atoms with van der Waals surface area (Å²) in [6, 6.07) is 4.54. The van der Waals surface area contributed by atoms with Crippen molar-refractivity contribution in [3.8, 4) is 5.75 Å². The summed E-state index contributed by atoms with van der Waals surface area (Å²) in [6.45, 7) is 0. The van der Waals surface area contributed by atoms with Crippen molar-refractivity contribution < 1.29 is 9.66 Å². The molecule has 0 fully saturated rings. The Balaban J connectivity index is 3.10. The minimum atomic E-state index is -0.439. The van der Waals surface area contributed by atoms with Gasteiger partial charge in [-0.15, -0.1) is 0 Å². The monoisotopic (exact) mass is 211 g/mol. The SMILES string of the molecule is COc1ccc([N+](=O)[O-])c(NN(C)C)c1. The fraction of sp³-hybridized carbons (Fsp3) is 0.333. The Morgan fingerprint density at radius 3 is 2.60 bits per heavy atom. The number of hydrogen-bond donors (Lipinski definition) is 1. The van der Waals surface area contributed by atoms with Crippen molar-refractivity contribution in [2.24, 2.45) is 0 Å². The molecule has 1 aromatic rings. The number of nitrogens with one attached hydrogen (secondary N) is 1. The van der Waals surface area contributed by atoms with Crippen LogP contribution < -0.4 is 10.2 Å². The molecule has 6 nitrogen and oxygen atoms in total. The van der Waals surface area contributed by atoms with Gasteiger partial charge in [-0.2, -0.15) is 0 Å². The molecule has 0 aromatic heterocycles. The van der Waals surface area contributed by atoms with Crippen LogP contribution in [-0.4, -0.2) is 31.1 Å². The molecule has 1 aromatic carbocycles. The van der Waals surface area contributed by atoms with Crippen molar-refractivity contribution in [2.45, 2.75) is 0 Å². The van der Waals surface area contributed by atoms with Crippen molar-refractivity contribution in [3.63, 3.8) is 0 Å². The van der Waals surface area contributed by atoms with E-state index in [9.17, 15) is 10.1 Å². The molecule has 0 amide bonds. The van der Waals surface area contributed by atoms with Crippen LogP contribution in [0.5, 0.6) is 5.75 Å². The molecule has 0 radical (unpaired) electrons. The Kier molecular flexibility index (Phi) is 3.46. The van der Waals surface area contributed by atoms with E-state index < -0.39 is 4.92 Å². The van der Waals surface area contributed by atoms with Gasteiger partial charge >= 0.3 is 0 Å². The van der Waals surface area contributed by atoms with E-state index in [2.05, 4.69) is 5.43 Å². The predicted octanol–water partition coefficient (Wildman–Crippen LogP) is 1.49. The van der Waals surface area contributed by atoms with Crippen LogP contribution in [0.3, 0.4) is 0 Å². The fourth-order valence-corrected chi connectivity index (χ4v) is 1.13. The maximum atomic E-state index is 10.7. The summed E-state index contributed by atoms with van der Waals surface area (Å²) in [5.74, 6) is 0.574. The zero-order valence-electron chi connectivity index (χ0n) is 8.85. The first-order valence-corrected chi connectivity index (χ1v) is 4.31. The third kappa shape index (κ3) is 2.81. The molecule has 1 rings (SSSR count). The van der Waals surface area contributed by atoms with E-state index in [1.165, 1.54) is 13.2 Å². The largest absolute Gasteiger partial charge is 0.497 e. The second-order valence-electron chi connectivity index (χ2n) is 3.15. The maximum Gasteiger partial charge on any atom is 0.293 e. The van der Waals surface area contributed by atoms with E-state index in [1.54, 1.807) is 31.2 Å². The lowest BCUT2D eigenvalue weighted by molar-refractivity contribution is -0.384. The highest BCUT2D eigenvalue weighted by atomic mass is 16.6. The summed E-state index contributed by atoms with van der Waals surface area (Å²) in [4.78, 5) is 10.3. The number of anilines is 1. The van der Waals surface area contributed by atoms with Gasteiger partial charge in [0.2, 0.25) is 0 Å². The molecule has 0 unspecified atom stereocenters. The Bertz CT molecular complexity index is 366. The summed E-state index contributed by atoms with van der Waals surface area (Å²) in [5, 5.41) is 12.3. The van der Waals surface area contributed by atoms with Crippen molar-refractivity contribution in [2.75, 3.05) is 26.6 Å². The van der Waals surface area contributed by atoms with Gasteiger partial charge in [0.1, 0.15) is 11.4 Å². The third-order valence-electron chi connectivity index (χ3n) is 1.74. The van der Waals surface area contributed by atoms with Crippen LogP contribution in [0.25, 0.3) is 0 Å². The first kappa shape index (κ1) is 11.3. The molecule has 0 spiro atoms. The molecule has 0 bridgehead atoms. The van der Waals surface area contributed by atoms with Gasteiger partial charge in [0.05, 0.1) is 12.0 Å². The molecular weight excluding hydrogens is 198 g/mol. The summed E-state index contributed by atoms with van der Waals surface area (Å²) in [5.41, 5.74) is 3.27. The summed E-state index contributed by atoms with van der Waals surface area (Å²) in [6.07, 6.45) is 0. The van der Waals surface area contributed by atoms with Gasteiger partial charge < -0.3 is 10.2 Å². The zero-order chi connectivity index (χ0) is 11.4. The number of hydrogen-bond acceptors (Lipinski definition) is 5. The molecule has 0 aliphatic rings. The van der Waals surface area contributed by atoms with E-state index in [0.29, 0.717) is 11.4 Å². The summed E-state index contributed by atoms with van der Waals surface area (Å²) < 4.78 is 4.99. The van der Waals surface area contributed by atoms with Crippen molar-refractivity contribution in [3.05, 3.63) is 28.3 Å². The van der Waals surface area contributed by atoms with Crippen LogP contribution >= 0.6 is 0 Å². The highest BCUT2D eigenvalue weighted by Gasteiger charge is 2.14. The van der Waals surface area contributed by atoms with E-state index >= 15 is 0 Å². The highest BCUT2D eigenvalue weighted by molar-refractivity contribution is 5.63. The maximum absolute atomic E-state index is 10.7. The van der Waals surface area contributed by atoms with Crippen LogP contribution in [-0.2, 0) is 0 Å². The van der Waals surface area contributed by atoms with Crippen LogP contribution in [0.2, 0.25) is 0 Å². The molecule has 0 atom stereocenters. The average molecular weight is 211 g/mol. The van der Waals surface area contributed by atoms with Gasteiger partial charge in [0.25, 0.3) is 5.69 Å². The second-order valence-corrected chi connectivity index (χ2v) is 3.15. The number of nitro groups is 1. The first-order valence-electron chi connectivity index (χ1n) is 4.31. The van der Waals surface area contributed by atoms with Gasteiger partial charge in [0, 0.05) is 26.2 Å². The average Bonchev–Trinajstić information content (AvgIpc) is 2.16. The Hall–Kier alpha value is -1.82. The Morgan fingerprint density at radius 2 is 2.13 bits per heavy atom. The quantitative estimate of drug-likeness (QED) is 0.603. The van der Waals surface area contributed by atoms with Crippen molar-refractivity contribution in [1.82, 2.24) is 5.01 Å². The number of ether oxygens (including phenoxy) is 1. The summed E-state index contributed by atoms with van der Waals surface area (Å²) >= 11 is 0. The number of rotatable bonds is 4. The van der Waals surface area contributed by atoms with E-state index in [1.807, 2.05) is 0 Å². The lowest BCUT2D eigenvalue weighted by atomic mass is 10.2. The van der Waals surface area contributed by atoms with Gasteiger partial charge in [-0.25, -0.2) is 5.01 Å². The fourth-order valence-electron chi connectivity index (χ4n) is 1.13. The van der Waals surface area contributed by atoms with Gasteiger partial charge in [-0.3, -0.25) is 10.1 Å². The lowest BCUT2D eigenvalue weighted by Gasteiger charge is -2.14. The van der Waals surface area contributed by atoms with Gasteiger partial charge in [0.15, 0.2) is 0 Å². The van der Waals surface area contributed by atoms with E-state index in [-0.39, 0.29) is 5.69 Å². The molecule has 0 aliphatic heterocycles. The molecule has 0 saturated heterocycles. The van der Waals surface area contributed by atoms with E-state index in [0.717, 1.165) is 0 Å². The standard InChI is InChI=1S/C9H13N3O3/c1-11(2)10-8-6-7(15-3)4-5-9(8)12(13)14/h4-6,10H,1-3H3. The molecule has 1 N–H and O–H groups in total. The minimum absolute atomic E-state index is 0.0181. The van der Waals surface area contributed by atoms with Crippen LogP contribution in [0, 0.1) is 10.1 Å². The molecule has 0 aliphatic carbocycles. The van der Waals surface area contributed by atoms with Crippen LogP contribution in [0.15, 0.2) is 18.2 Å². The molecule has 15 heavy (non-hydrogen) atoms. The number of hydrazine groups is 1. The molecular formula is C9H13N3O3. The molecule has 0 saturated carbocycles. The topological polar surface area (TPSA) is 67.6 Å². The summed E-state index contributed by atoms with van der Waals surface area (Å²) in [7, 11) is 5.02. The smallest absolute Gasteiger partial charge is 0.293 e. The number of benzene rings is 1. The van der Waals surface area contributed by atoms with Crippen LogP contribution in [0.4, 0.5) is 11.4 Å². The minimum Gasteiger partial charge on any atom is -0.497 e. The Morgan fingerprint density at radius 1 is 1.47 bits per heavy atom. The number of methoxy groups -OCH3 is 1. The van der Waals surface area contributed by atoms with E-state index in [4.69, 9.17) is 4.74 Å². The van der Waals surface area contributed by atoms with Crippen molar-refractivity contribution >= 4 is 11.4 Å². The number of nitrogens with zero attached hydrogens (tertiary/aromatic N) is 2. The predicted molar refractivity (Wildman–Crippen MR) is 57.0 cm³/mol. The van der Waals surface area contributed by atoms with Crippen LogP contribution in [0.1, 0.15) is 0 Å². The second kappa shape index (κ2) is 4.61. The van der Waals surface area contributed by atoms with Gasteiger partial charge in [-0.1, -0.05) is 0 Å². The molecule has 0 heterocycles. The molecule has 6 heteroatoms. The Labute approximate surface area is 87.6 Å². The normalized spacial score (nSPS) is 10.1. The third-order valence-corrected chi connectivity index (χ3v) is 1.74. The number of nitro benzene ring substituents is 1. The zero-order valence-corrected chi connectivity index (χ0v) is 8.85. The van der Waals surface area contributed by atoms with Gasteiger partial charge in [-0.05, 0) is 6.07 Å². The first-order chi connectivity index (χ1) is 7.04. The highest BCUT2D eigenvalue weighted by Crippen LogP contribution is 2.28. The van der Waals surface area contributed by atoms with Crippen molar-refractivity contribution in [1.29, 1.82) is 0 Å². The molecule has 82 valence electrons.